The molecule has 90 valence electrons. The number of halogens is 1. The topological polar surface area (TPSA) is 43.4 Å². The van der Waals surface area contributed by atoms with Gasteiger partial charge in [0.1, 0.15) is 4.60 Å². The second-order valence-corrected chi connectivity index (χ2v) is 4.36. The van der Waals surface area contributed by atoms with Gasteiger partial charge in [-0.2, -0.15) is 0 Å². The average molecular weight is 289 g/mol. The molecule has 1 heterocycles. The first kappa shape index (κ1) is 13.4. The SMILES string of the molecule is COC(OC)C(C)Nc1cnc(Br)c(C)c1. The minimum atomic E-state index is -0.274. The Kier molecular flexibility index (Phi) is 5.18. The lowest BCUT2D eigenvalue weighted by Gasteiger charge is -2.23. The number of aromatic nitrogens is 1. The Morgan fingerprint density at radius 1 is 1.38 bits per heavy atom. The molecule has 0 saturated carbocycles. The maximum Gasteiger partial charge on any atom is 0.176 e. The van der Waals surface area contributed by atoms with E-state index in [1.807, 2.05) is 19.9 Å². The van der Waals surface area contributed by atoms with E-state index in [0.29, 0.717) is 0 Å². The molecule has 0 aliphatic carbocycles. The number of hydrogen-bond acceptors (Lipinski definition) is 4. The van der Waals surface area contributed by atoms with Crippen molar-refractivity contribution in [3.05, 3.63) is 22.4 Å². The van der Waals surface area contributed by atoms with E-state index in [4.69, 9.17) is 9.47 Å². The molecule has 0 fully saturated rings. The van der Waals surface area contributed by atoms with Crippen molar-refractivity contribution in [1.82, 2.24) is 4.98 Å². The van der Waals surface area contributed by atoms with Gasteiger partial charge in [0, 0.05) is 14.2 Å². The van der Waals surface area contributed by atoms with E-state index in [1.165, 1.54) is 0 Å². The van der Waals surface area contributed by atoms with Crippen molar-refractivity contribution in [2.45, 2.75) is 26.2 Å². The van der Waals surface area contributed by atoms with Crippen LogP contribution in [0.15, 0.2) is 16.9 Å². The van der Waals surface area contributed by atoms with Crippen LogP contribution in [-0.2, 0) is 9.47 Å². The second-order valence-electron chi connectivity index (χ2n) is 3.60. The van der Waals surface area contributed by atoms with Crippen molar-refractivity contribution in [3.8, 4) is 0 Å². The molecule has 16 heavy (non-hydrogen) atoms. The van der Waals surface area contributed by atoms with Gasteiger partial charge in [-0.15, -0.1) is 0 Å². The van der Waals surface area contributed by atoms with Crippen LogP contribution in [0.4, 0.5) is 5.69 Å². The van der Waals surface area contributed by atoms with E-state index in [-0.39, 0.29) is 12.3 Å². The maximum atomic E-state index is 5.17. The predicted octanol–water partition coefficient (Wildman–Crippen LogP) is 2.57. The number of methoxy groups -OCH3 is 2. The highest BCUT2D eigenvalue weighted by molar-refractivity contribution is 9.10. The number of hydrogen-bond donors (Lipinski definition) is 1. The van der Waals surface area contributed by atoms with Crippen LogP contribution in [0.2, 0.25) is 0 Å². The Hall–Kier alpha value is -0.650. The van der Waals surface area contributed by atoms with Crippen LogP contribution in [0.1, 0.15) is 12.5 Å². The molecule has 0 aromatic carbocycles. The highest BCUT2D eigenvalue weighted by Gasteiger charge is 2.15. The van der Waals surface area contributed by atoms with Crippen LogP contribution in [0.3, 0.4) is 0 Å². The molecule has 0 bridgehead atoms. The molecule has 1 aromatic rings. The first-order valence-corrected chi connectivity index (χ1v) is 5.82. The van der Waals surface area contributed by atoms with Gasteiger partial charge in [-0.1, -0.05) is 0 Å². The van der Waals surface area contributed by atoms with Gasteiger partial charge in [0.15, 0.2) is 6.29 Å². The number of nitrogens with one attached hydrogen (secondary N) is 1. The summed E-state index contributed by atoms with van der Waals surface area (Å²) in [7, 11) is 3.24. The molecule has 4 nitrogen and oxygen atoms in total. The first-order chi connectivity index (χ1) is 7.58. The van der Waals surface area contributed by atoms with Gasteiger partial charge >= 0.3 is 0 Å². The summed E-state index contributed by atoms with van der Waals surface area (Å²) in [6.45, 7) is 3.99. The van der Waals surface area contributed by atoms with Crippen LogP contribution in [0.5, 0.6) is 0 Å². The van der Waals surface area contributed by atoms with E-state index in [0.717, 1.165) is 15.9 Å². The van der Waals surface area contributed by atoms with Crippen molar-refractivity contribution >= 4 is 21.6 Å². The number of ether oxygens (including phenoxy) is 2. The maximum absolute atomic E-state index is 5.17. The average Bonchev–Trinajstić information content (AvgIpc) is 2.25. The summed E-state index contributed by atoms with van der Waals surface area (Å²) in [5.74, 6) is 0. The van der Waals surface area contributed by atoms with Gasteiger partial charge in [0.2, 0.25) is 0 Å². The van der Waals surface area contributed by atoms with Crippen molar-refractivity contribution in [2.24, 2.45) is 0 Å². The van der Waals surface area contributed by atoms with Crippen LogP contribution in [0.25, 0.3) is 0 Å². The Labute approximate surface area is 104 Å². The van der Waals surface area contributed by atoms with Gasteiger partial charge in [0.25, 0.3) is 0 Å². The summed E-state index contributed by atoms with van der Waals surface area (Å²) in [6, 6.07) is 2.08. The molecule has 1 aromatic heterocycles. The minimum absolute atomic E-state index is 0.0531. The Bertz CT molecular complexity index is 343. The molecular weight excluding hydrogens is 272 g/mol. The summed E-state index contributed by atoms with van der Waals surface area (Å²) < 4.78 is 11.2. The van der Waals surface area contributed by atoms with E-state index in [2.05, 4.69) is 26.2 Å². The Morgan fingerprint density at radius 3 is 2.50 bits per heavy atom. The number of aryl methyl sites for hydroxylation is 1. The summed E-state index contributed by atoms with van der Waals surface area (Å²) in [5.41, 5.74) is 2.04. The van der Waals surface area contributed by atoms with Crippen molar-refractivity contribution in [2.75, 3.05) is 19.5 Å². The van der Waals surface area contributed by atoms with Gasteiger partial charge in [-0.25, -0.2) is 4.98 Å². The minimum Gasteiger partial charge on any atom is -0.376 e. The molecule has 1 N–H and O–H groups in total. The van der Waals surface area contributed by atoms with Gasteiger partial charge in [0.05, 0.1) is 17.9 Å². The lowest BCUT2D eigenvalue weighted by atomic mass is 10.2. The van der Waals surface area contributed by atoms with Crippen molar-refractivity contribution in [3.63, 3.8) is 0 Å². The lowest BCUT2D eigenvalue weighted by molar-refractivity contribution is -0.109. The van der Waals surface area contributed by atoms with Crippen LogP contribution in [0, 0.1) is 6.92 Å². The fraction of sp³-hybridized carbons (Fsp3) is 0.545. The molecule has 0 amide bonds. The molecule has 0 radical (unpaired) electrons. The standard InChI is InChI=1S/C11H17BrN2O2/c1-7-5-9(6-13-10(7)12)14-8(2)11(15-3)16-4/h5-6,8,11,14H,1-4H3. The second kappa shape index (κ2) is 6.18. The zero-order valence-electron chi connectivity index (χ0n) is 9.95. The van der Waals surface area contributed by atoms with E-state index in [9.17, 15) is 0 Å². The molecule has 5 heteroatoms. The molecule has 1 unspecified atom stereocenters. The van der Waals surface area contributed by atoms with Crippen LogP contribution >= 0.6 is 15.9 Å². The van der Waals surface area contributed by atoms with E-state index < -0.39 is 0 Å². The Morgan fingerprint density at radius 2 is 2.00 bits per heavy atom. The molecule has 0 spiro atoms. The molecule has 1 rings (SSSR count). The van der Waals surface area contributed by atoms with Gasteiger partial charge < -0.3 is 14.8 Å². The third-order valence-electron chi connectivity index (χ3n) is 2.28. The fourth-order valence-corrected chi connectivity index (χ4v) is 1.69. The highest BCUT2D eigenvalue weighted by Crippen LogP contribution is 2.18. The summed E-state index contributed by atoms with van der Waals surface area (Å²) in [4.78, 5) is 4.22. The van der Waals surface area contributed by atoms with Crippen molar-refractivity contribution < 1.29 is 9.47 Å². The predicted molar refractivity (Wildman–Crippen MR) is 67.6 cm³/mol. The molecule has 1 atom stereocenters. The van der Waals surface area contributed by atoms with Crippen molar-refractivity contribution in [1.29, 1.82) is 0 Å². The normalized spacial score (nSPS) is 12.9. The lowest BCUT2D eigenvalue weighted by Crippen LogP contribution is -2.33. The number of nitrogens with zero attached hydrogens (tertiary/aromatic N) is 1. The molecule has 0 aliphatic rings. The van der Waals surface area contributed by atoms with E-state index >= 15 is 0 Å². The monoisotopic (exact) mass is 288 g/mol. The number of anilines is 1. The Balaban J connectivity index is 2.69. The molecule has 0 aliphatic heterocycles. The van der Waals surface area contributed by atoms with Crippen LogP contribution in [-0.4, -0.2) is 31.5 Å². The number of rotatable bonds is 5. The fourth-order valence-electron chi connectivity index (χ4n) is 1.47. The zero-order chi connectivity index (χ0) is 12.1. The highest BCUT2D eigenvalue weighted by atomic mass is 79.9. The number of pyridine rings is 1. The van der Waals surface area contributed by atoms with Gasteiger partial charge in [-0.05, 0) is 41.4 Å². The first-order valence-electron chi connectivity index (χ1n) is 5.02. The molecule has 0 saturated heterocycles. The summed E-state index contributed by atoms with van der Waals surface area (Å²) in [6.07, 6.45) is 1.50. The van der Waals surface area contributed by atoms with Crippen LogP contribution < -0.4 is 5.32 Å². The molecular formula is C11H17BrN2O2. The summed E-state index contributed by atoms with van der Waals surface area (Å²) >= 11 is 3.36. The van der Waals surface area contributed by atoms with E-state index in [1.54, 1.807) is 20.4 Å². The smallest absolute Gasteiger partial charge is 0.176 e. The third-order valence-corrected chi connectivity index (χ3v) is 3.11. The zero-order valence-corrected chi connectivity index (χ0v) is 11.5. The summed E-state index contributed by atoms with van der Waals surface area (Å²) in [5, 5.41) is 3.28. The quantitative estimate of drug-likeness (QED) is 0.668. The van der Waals surface area contributed by atoms with Gasteiger partial charge in [-0.3, -0.25) is 0 Å². The third kappa shape index (κ3) is 3.43. The largest absolute Gasteiger partial charge is 0.376 e.